The van der Waals surface area contributed by atoms with E-state index >= 15 is 0 Å². The topological polar surface area (TPSA) is 41.6 Å². The third-order valence-corrected chi connectivity index (χ3v) is 4.77. The second-order valence-corrected chi connectivity index (χ2v) is 5.76. The van der Waals surface area contributed by atoms with Gasteiger partial charge in [0, 0.05) is 11.6 Å². The van der Waals surface area contributed by atoms with Crippen molar-refractivity contribution in [3.05, 3.63) is 30.3 Å². The molecule has 3 saturated carbocycles. The van der Waals surface area contributed by atoms with E-state index in [4.69, 9.17) is 4.74 Å². The number of ether oxygens (including phenoxy) is 1. The summed E-state index contributed by atoms with van der Waals surface area (Å²) in [6.07, 6.45) is 4.32. The van der Waals surface area contributed by atoms with Gasteiger partial charge in [-0.25, -0.2) is 0 Å². The molecule has 0 spiro atoms. The van der Waals surface area contributed by atoms with E-state index in [0.29, 0.717) is 24.0 Å². The Morgan fingerprint density at radius 2 is 2.00 bits per heavy atom. The maximum Gasteiger partial charge on any atom is 0.227 e. The molecule has 5 rings (SSSR count). The molecule has 1 aromatic carbocycles. The van der Waals surface area contributed by atoms with Crippen LogP contribution in [-0.4, -0.2) is 18.1 Å². The number of anilines is 1. The predicted molar refractivity (Wildman–Crippen MR) is 68.1 cm³/mol. The Labute approximate surface area is 107 Å². The molecule has 3 nitrogen and oxygen atoms in total. The van der Waals surface area contributed by atoms with Crippen molar-refractivity contribution < 1.29 is 9.53 Å². The van der Waals surface area contributed by atoms with Gasteiger partial charge in [-0.05, 0) is 43.2 Å². The van der Waals surface area contributed by atoms with Crippen LogP contribution in [0.2, 0.25) is 0 Å². The summed E-state index contributed by atoms with van der Waals surface area (Å²) in [5.74, 6) is 1.44. The standard InChI is InChI=1S/C15H17NO2/c17-15(16-10-4-2-1-3-5-10)12-8-9-6-7-11(12)14-13(9)18-14/h1-5,9,11-14H,6-8H2,(H,16,17)/t9-,11+,12+,13+,14-/m1/s1. The number of para-hydroxylation sites is 1. The molecular weight excluding hydrogens is 226 g/mol. The van der Waals surface area contributed by atoms with Crippen molar-refractivity contribution in [3.8, 4) is 0 Å². The van der Waals surface area contributed by atoms with Gasteiger partial charge in [-0.3, -0.25) is 4.79 Å². The Hall–Kier alpha value is -1.35. The molecule has 0 unspecified atom stereocenters. The van der Waals surface area contributed by atoms with Crippen molar-refractivity contribution in [2.45, 2.75) is 31.5 Å². The van der Waals surface area contributed by atoms with E-state index in [1.165, 1.54) is 12.8 Å². The predicted octanol–water partition coefficient (Wildman–Crippen LogP) is 2.44. The highest BCUT2D eigenvalue weighted by molar-refractivity contribution is 5.93. The smallest absolute Gasteiger partial charge is 0.227 e. The third kappa shape index (κ3) is 1.57. The molecule has 5 atom stereocenters. The normalized spacial score (nSPS) is 40.1. The molecule has 1 saturated heterocycles. The first-order valence-corrected chi connectivity index (χ1v) is 6.84. The van der Waals surface area contributed by atoms with Crippen LogP contribution in [-0.2, 0) is 9.53 Å². The molecule has 94 valence electrons. The van der Waals surface area contributed by atoms with Crippen LogP contribution in [0.1, 0.15) is 19.3 Å². The number of hydrogen-bond acceptors (Lipinski definition) is 2. The van der Waals surface area contributed by atoms with E-state index < -0.39 is 0 Å². The Morgan fingerprint density at radius 3 is 2.78 bits per heavy atom. The fourth-order valence-corrected chi connectivity index (χ4v) is 3.84. The van der Waals surface area contributed by atoms with E-state index in [2.05, 4.69) is 5.32 Å². The minimum absolute atomic E-state index is 0.160. The lowest BCUT2D eigenvalue weighted by molar-refractivity contribution is -0.124. The number of hydrogen-bond donors (Lipinski definition) is 1. The zero-order valence-corrected chi connectivity index (χ0v) is 10.2. The van der Waals surface area contributed by atoms with Gasteiger partial charge in [-0.2, -0.15) is 0 Å². The third-order valence-electron chi connectivity index (χ3n) is 4.77. The summed E-state index contributed by atoms with van der Waals surface area (Å²) >= 11 is 0. The zero-order chi connectivity index (χ0) is 12.1. The monoisotopic (exact) mass is 243 g/mol. The molecule has 4 fully saturated rings. The van der Waals surface area contributed by atoms with Crippen LogP contribution < -0.4 is 5.32 Å². The molecular formula is C15H17NO2. The molecule has 4 aliphatic rings. The van der Waals surface area contributed by atoms with Crippen molar-refractivity contribution in [2.24, 2.45) is 17.8 Å². The number of epoxide rings is 1. The molecule has 0 aromatic heterocycles. The zero-order valence-electron chi connectivity index (χ0n) is 10.2. The molecule has 0 radical (unpaired) electrons. The molecule has 1 aromatic rings. The molecule has 1 heterocycles. The van der Waals surface area contributed by atoms with Gasteiger partial charge in [-0.15, -0.1) is 0 Å². The maximum atomic E-state index is 12.4. The van der Waals surface area contributed by atoms with Crippen LogP contribution in [0.5, 0.6) is 0 Å². The number of fused-ring (bicyclic) bond motifs is 2. The minimum atomic E-state index is 0.160. The molecule has 1 amide bonds. The number of benzene rings is 1. The van der Waals surface area contributed by atoms with Crippen LogP contribution >= 0.6 is 0 Å². The summed E-state index contributed by atoms with van der Waals surface area (Å²) in [5.41, 5.74) is 0.900. The van der Waals surface area contributed by atoms with Crippen molar-refractivity contribution in [2.75, 3.05) is 5.32 Å². The number of rotatable bonds is 2. The molecule has 1 aliphatic heterocycles. The fraction of sp³-hybridized carbons (Fsp3) is 0.533. The fourth-order valence-electron chi connectivity index (χ4n) is 3.84. The van der Waals surface area contributed by atoms with E-state index in [0.717, 1.165) is 12.1 Å². The van der Waals surface area contributed by atoms with Gasteiger partial charge < -0.3 is 10.1 Å². The van der Waals surface area contributed by atoms with Gasteiger partial charge in [-0.1, -0.05) is 18.2 Å². The van der Waals surface area contributed by atoms with Crippen molar-refractivity contribution in [3.63, 3.8) is 0 Å². The number of amides is 1. The first-order chi connectivity index (χ1) is 8.83. The van der Waals surface area contributed by atoms with Crippen LogP contribution in [0.4, 0.5) is 5.69 Å². The lowest BCUT2D eigenvalue weighted by Crippen LogP contribution is -2.43. The van der Waals surface area contributed by atoms with E-state index in [9.17, 15) is 4.79 Å². The van der Waals surface area contributed by atoms with Crippen LogP contribution in [0, 0.1) is 17.8 Å². The molecule has 2 bridgehead atoms. The summed E-state index contributed by atoms with van der Waals surface area (Å²) in [5, 5.41) is 3.04. The van der Waals surface area contributed by atoms with Crippen LogP contribution in [0.15, 0.2) is 30.3 Å². The minimum Gasteiger partial charge on any atom is -0.369 e. The van der Waals surface area contributed by atoms with Crippen molar-refractivity contribution in [1.29, 1.82) is 0 Å². The summed E-state index contributed by atoms with van der Waals surface area (Å²) in [4.78, 5) is 12.4. The summed E-state index contributed by atoms with van der Waals surface area (Å²) in [7, 11) is 0. The Bertz CT molecular complexity index is 473. The maximum absolute atomic E-state index is 12.4. The summed E-state index contributed by atoms with van der Waals surface area (Å²) in [6.45, 7) is 0. The van der Waals surface area contributed by atoms with E-state index in [1.54, 1.807) is 0 Å². The first-order valence-electron chi connectivity index (χ1n) is 6.84. The average molecular weight is 243 g/mol. The SMILES string of the molecule is O=C(Nc1ccccc1)[C@H]1C[C@H]2CC[C@@H]1[C@H]1O[C@@H]21. The van der Waals surface area contributed by atoms with Crippen LogP contribution in [0.3, 0.4) is 0 Å². The second kappa shape index (κ2) is 3.82. The van der Waals surface area contributed by atoms with Crippen molar-refractivity contribution in [1.82, 2.24) is 0 Å². The molecule has 3 heteroatoms. The van der Waals surface area contributed by atoms with E-state index in [1.807, 2.05) is 30.3 Å². The van der Waals surface area contributed by atoms with Gasteiger partial charge in [0.1, 0.15) is 0 Å². The molecule has 3 aliphatic carbocycles. The highest BCUT2D eigenvalue weighted by atomic mass is 16.6. The first kappa shape index (κ1) is 10.6. The quantitative estimate of drug-likeness (QED) is 0.811. The molecule has 1 N–H and O–H groups in total. The lowest BCUT2D eigenvalue weighted by Gasteiger charge is -2.38. The van der Waals surface area contributed by atoms with Gasteiger partial charge in [0.2, 0.25) is 5.91 Å². The van der Waals surface area contributed by atoms with Gasteiger partial charge >= 0.3 is 0 Å². The van der Waals surface area contributed by atoms with Gasteiger partial charge in [0.15, 0.2) is 0 Å². The largest absolute Gasteiger partial charge is 0.369 e. The Kier molecular flexibility index (Phi) is 2.24. The summed E-state index contributed by atoms with van der Waals surface area (Å²) < 4.78 is 5.72. The van der Waals surface area contributed by atoms with Gasteiger partial charge in [0.05, 0.1) is 12.2 Å². The van der Waals surface area contributed by atoms with E-state index in [-0.39, 0.29) is 11.8 Å². The number of nitrogens with one attached hydrogen (secondary N) is 1. The number of carbonyl (C=O) groups is 1. The highest BCUT2D eigenvalue weighted by Gasteiger charge is 2.60. The average Bonchev–Trinajstić information content (AvgIpc) is 3.22. The van der Waals surface area contributed by atoms with Crippen LogP contribution in [0.25, 0.3) is 0 Å². The number of carbonyl (C=O) groups excluding carboxylic acids is 1. The molecule has 18 heavy (non-hydrogen) atoms. The summed E-state index contributed by atoms with van der Waals surface area (Å²) in [6, 6.07) is 9.73. The second-order valence-electron chi connectivity index (χ2n) is 5.76. The highest BCUT2D eigenvalue weighted by Crippen LogP contribution is 2.55. The van der Waals surface area contributed by atoms with Crippen molar-refractivity contribution >= 4 is 11.6 Å². The Balaban J connectivity index is 1.49. The lowest BCUT2D eigenvalue weighted by atomic mass is 9.64. The van der Waals surface area contributed by atoms with Gasteiger partial charge in [0.25, 0.3) is 0 Å². The Morgan fingerprint density at radius 1 is 1.17 bits per heavy atom.